The maximum atomic E-state index is 12.3. The van der Waals surface area contributed by atoms with E-state index in [4.69, 9.17) is 4.74 Å². The third-order valence-electron chi connectivity index (χ3n) is 4.35. The lowest BCUT2D eigenvalue weighted by molar-refractivity contribution is -0.670. The maximum absolute atomic E-state index is 12.3. The lowest BCUT2D eigenvalue weighted by Crippen LogP contribution is -2.33. The molecule has 5 heteroatoms. The first-order valence-corrected chi connectivity index (χ1v) is 8.10. The molecule has 4 rings (SSSR count). The van der Waals surface area contributed by atoms with Crippen LogP contribution in [0, 0.1) is 0 Å². The van der Waals surface area contributed by atoms with Gasteiger partial charge in [0.2, 0.25) is 0 Å². The van der Waals surface area contributed by atoms with Crippen molar-refractivity contribution >= 4 is 22.6 Å². The zero-order valence-electron chi connectivity index (χ0n) is 13.8. The molecule has 0 N–H and O–H groups in total. The van der Waals surface area contributed by atoms with Crippen LogP contribution in [0.1, 0.15) is 20.7 Å². The molecule has 1 aromatic heterocycles. The van der Waals surface area contributed by atoms with Crippen molar-refractivity contribution in [1.82, 2.24) is 4.90 Å². The van der Waals surface area contributed by atoms with Gasteiger partial charge in [-0.05, 0) is 35.7 Å². The Balaban J connectivity index is 1.44. The van der Waals surface area contributed by atoms with E-state index in [1.165, 1.54) is 4.90 Å². The van der Waals surface area contributed by atoms with Gasteiger partial charge in [-0.2, -0.15) is 0 Å². The molecule has 0 saturated heterocycles. The van der Waals surface area contributed by atoms with E-state index < -0.39 is 0 Å². The zero-order chi connectivity index (χ0) is 17.4. The predicted octanol–water partition coefficient (Wildman–Crippen LogP) is 2.34. The monoisotopic (exact) mass is 333 g/mol. The van der Waals surface area contributed by atoms with Gasteiger partial charge in [-0.25, -0.2) is 4.57 Å². The number of rotatable bonds is 4. The van der Waals surface area contributed by atoms with Crippen molar-refractivity contribution in [3.8, 4) is 5.75 Å². The number of aryl methyl sites for hydroxylation is 1. The highest BCUT2D eigenvalue weighted by Gasteiger charge is 2.34. The van der Waals surface area contributed by atoms with Crippen LogP contribution in [-0.4, -0.2) is 29.9 Å². The summed E-state index contributed by atoms with van der Waals surface area (Å²) in [4.78, 5) is 25.8. The molecule has 0 radical (unpaired) electrons. The minimum Gasteiger partial charge on any atom is -0.492 e. The molecule has 25 heavy (non-hydrogen) atoms. The minimum atomic E-state index is -0.254. The number of imide groups is 1. The van der Waals surface area contributed by atoms with Gasteiger partial charge in [-0.15, -0.1) is 0 Å². The second-order valence-electron chi connectivity index (χ2n) is 6.06. The molecule has 2 aromatic carbocycles. The number of aromatic nitrogens is 1. The average molecular weight is 333 g/mol. The molecule has 124 valence electrons. The van der Waals surface area contributed by atoms with Crippen LogP contribution >= 0.6 is 0 Å². The molecule has 0 aliphatic carbocycles. The van der Waals surface area contributed by atoms with Crippen LogP contribution in [0.25, 0.3) is 10.8 Å². The summed E-state index contributed by atoms with van der Waals surface area (Å²) >= 11 is 0. The summed E-state index contributed by atoms with van der Waals surface area (Å²) in [7, 11) is 1.98. The molecule has 3 aromatic rings. The van der Waals surface area contributed by atoms with Crippen LogP contribution in [0.3, 0.4) is 0 Å². The third kappa shape index (κ3) is 2.74. The van der Waals surface area contributed by atoms with Crippen LogP contribution in [0.2, 0.25) is 0 Å². The maximum Gasteiger partial charge on any atom is 0.261 e. The topological polar surface area (TPSA) is 50.5 Å². The van der Waals surface area contributed by atoms with Crippen LogP contribution in [0.5, 0.6) is 5.75 Å². The molecule has 0 atom stereocenters. The van der Waals surface area contributed by atoms with Gasteiger partial charge in [-0.1, -0.05) is 12.1 Å². The van der Waals surface area contributed by atoms with Crippen molar-refractivity contribution in [2.75, 3.05) is 13.2 Å². The first-order valence-electron chi connectivity index (χ1n) is 8.10. The zero-order valence-corrected chi connectivity index (χ0v) is 13.8. The average Bonchev–Trinajstić information content (AvgIpc) is 2.87. The summed E-state index contributed by atoms with van der Waals surface area (Å²) in [5, 5.41) is 2.20. The Morgan fingerprint density at radius 1 is 0.960 bits per heavy atom. The van der Waals surface area contributed by atoms with E-state index in [9.17, 15) is 9.59 Å². The van der Waals surface area contributed by atoms with E-state index in [0.29, 0.717) is 11.1 Å². The minimum absolute atomic E-state index is 0.230. The Kier molecular flexibility index (Phi) is 3.69. The van der Waals surface area contributed by atoms with Crippen molar-refractivity contribution in [2.24, 2.45) is 7.05 Å². The molecule has 0 fully saturated rings. The summed E-state index contributed by atoms with van der Waals surface area (Å²) in [5.74, 6) is 0.211. The SMILES string of the molecule is C[n+]1ccc2cc(OCCN3C(=O)c4ccccc4C3=O)ccc2c1. The summed E-state index contributed by atoms with van der Waals surface area (Å²) in [5.41, 5.74) is 0.928. The molecule has 5 nitrogen and oxygen atoms in total. The highest BCUT2D eigenvalue weighted by atomic mass is 16.5. The molecule has 0 unspecified atom stereocenters. The Morgan fingerprint density at radius 2 is 1.68 bits per heavy atom. The van der Waals surface area contributed by atoms with E-state index in [1.54, 1.807) is 24.3 Å². The van der Waals surface area contributed by atoms with Gasteiger partial charge in [-0.3, -0.25) is 14.5 Å². The number of amides is 2. The molecular weight excluding hydrogens is 316 g/mol. The van der Waals surface area contributed by atoms with E-state index in [0.717, 1.165) is 16.5 Å². The molecule has 0 saturated carbocycles. The van der Waals surface area contributed by atoms with Gasteiger partial charge in [0.1, 0.15) is 19.4 Å². The lowest BCUT2D eigenvalue weighted by atomic mass is 10.1. The number of carbonyl (C=O) groups excluding carboxylic acids is 2. The molecule has 1 aliphatic rings. The third-order valence-corrected chi connectivity index (χ3v) is 4.35. The molecule has 2 heterocycles. The van der Waals surface area contributed by atoms with Crippen LogP contribution in [-0.2, 0) is 7.05 Å². The molecule has 2 amide bonds. The fraction of sp³-hybridized carbons (Fsp3) is 0.150. The second kappa shape index (κ2) is 6.02. The number of ether oxygens (including phenoxy) is 1. The summed E-state index contributed by atoms with van der Waals surface area (Å²) in [6, 6.07) is 14.7. The van der Waals surface area contributed by atoms with Gasteiger partial charge in [0.25, 0.3) is 11.8 Å². The molecule has 0 bridgehead atoms. The largest absolute Gasteiger partial charge is 0.492 e. The summed E-state index contributed by atoms with van der Waals surface area (Å²) in [6.07, 6.45) is 4.02. The molecule has 0 spiro atoms. The number of nitrogens with zero attached hydrogens (tertiary/aromatic N) is 2. The van der Waals surface area contributed by atoms with Crippen LogP contribution < -0.4 is 9.30 Å². The Hall–Kier alpha value is -3.21. The number of hydrogen-bond acceptors (Lipinski definition) is 3. The quantitative estimate of drug-likeness (QED) is 0.544. The van der Waals surface area contributed by atoms with Gasteiger partial charge < -0.3 is 4.74 Å². The normalized spacial score (nSPS) is 13.4. The number of carbonyl (C=O) groups is 2. The predicted molar refractivity (Wildman–Crippen MR) is 92.4 cm³/mol. The van der Waals surface area contributed by atoms with E-state index in [1.807, 2.05) is 48.3 Å². The first-order chi connectivity index (χ1) is 12.1. The fourth-order valence-electron chi connectivity index (χ4n) is 3.06. The standard InChI is InChI=1S/C20H17N2O3/c1-21-9-8-14-12-16(7-6-15(14)13-21)25-11-10-22-19(23)17-4-2-3-5-18(17)20(22)24/h2-9,12-13H,10-11H2,1H3/q+1. The summed E-state index contributed by atoms with van der Waals surface area (Å²) in [6.45, 7) is 0.492. The van der Waals surface area contributed by atoms with E-state index >= 15 is 0 Å². The van der Waals surface area contributed by atoms with Crippen molar-refractivity contribution in [3.63, 3.8) is 0 Å². The Labute approximate surface area is 145 Å². The number of hydrogen-bond donors (Lipinski definition) is 0. The second-order valence-corrected chi connectivity index (χ2v) is 6.06. The van der Waals surface area contributed by atoms with Gasteiger partial charge >= 0.3 is 0 Å². The van der Waals surface area contributed by atoms with Crippen LogP contribution in [0.4, 0.5) is 0 Å². The van der Waals surface area contributed by atoms with E-state index in [2.05, 4.69) is 0 Å². The number of fused-ring (bicyclic) bond motifs is 2. The smallest absolute Gasteiger partial charge is 0.261 e. The highest BCUT2D eigenvalue weighted by molar-refractivity contribution is 6.21. The van der Waals surface area contributed by atoms with Gasteiger partial charge in [0, 0.05) is 11.5 Å². The van der Waals surface area contributed by atoms with Crippen molar-refractivity contribution in [3.05, 3.63) is 72.1 Å². The lowest BCUT2D eigenvalue weighted by Gasteiger charge is -2.14. The van der Waals surface area contributed by atoms with Crippen molar-refractivity contribution < 1.29 is 18.9 Å². The van der Waals surface area contributed by atoms with Crippen LogP contribution in [0.15, 0.2) is 60.9 Å². The highest BCUT2D eigenvalue weighted by Crippen LogP contribution is 2.23. The van der Waals surface area contributed by atoms with Crippen molar-refractivity contribution in [1.29, 1.82) is 0 Å². The van der Waals surface area contributed by atoms with Gasteiger partial charge in [0.15, 0.2) is 12.4 Å². The number of benzene rings is 2. The number of pyridine rings is 1. The molecular formula is C20H17N2O3+. The Morgan fingerprint density at radius 3 is 2.40 bits per heavy atom. The molecule has 1 aliphatic heterocycles. The first kappa shape index (κ1) is 15.3. The van der Waals surface area contributed by atoms with Crippen molar-refractivity contribution in [2.45, 2.75) is 0 Å². The van der Waals surface area contributed by atoms with E-state index in [-0.39, 0.29) is 25.0 Å². The Bertz CT molecular complexity index is 962. The fourth-order valence-corrected chi connectivity index (χ4v) is 3.06. The van der Waals surface area contributed by atoms with Gasteiger partial charge in [0.05, 0.1) is 17.7 Å². The summed E-state index contributed by atoms with van der Waals surface area (Å²) < 4.78 is 7.74.